The Balaban J connectivity index is 1.30. The van der Waals surface area contributed by atoms with Gasteiger partial charge in [-0.05, 0) is 48.9 Å². The fourth-order valence-corrected chi connectivity index (χ4v) is 4.14. The number of aryl methyl sites for hydroxylation is 2. The van der Waals surface area contributed by atoms with Gasteiger partial charge < -0.3 is 23.8 Å². The standard InChI is InChI=1S/C28H27N5O3/c1-19-8-13-25-30-21(17-33(25)16-19)18-36-22-11-9-20(10-12-22)28(34)31-26(27-29-14-15-32(27)2)23-6-4-5-7-24(23)35-3/h4-17,26H,18H2,1-3H3,(H,31,34). The smallest absolute Gasteiger partial charge is 0.252 e. The molecule has 5 rings (SSSR count). The summed E-state index contributed by atoms with van der Waals surface area (Å²) in [7, 11) is 3.51. The number of aromatic nitrogens is 4. The molecular weight excluding hydrogens is 454 g/mol. The van der Waals surface area contributed by atoms with Crippen molar-refractivity contribution < 1.29 is 14.3 Å². The molecule has 0 aliphatic heterocycles. The van der Waals surface area contributed by atoms with Crippen LogP contribution in [0.25, 0.3) is 5.65 Å². The number of ether oxygens (including phenoxy) is 2. The number of rotatable bonds is 8. The SMILES string of the molecule is COc1ccccc1C(NC(=O)c1ccc(OCc2cn3cc(C)ccc3n2)cc1)c1nccn1C. The Morgan fingerprint density at radius 3 is 2.61 bits per heavy atom. The first-order valence-electron chi connectivity index (χ1n) is 11.6. The van der Waals surface area contributed by atoms with Gasteiger partial charge in [-0.3, -0.25) is 4.79 Å². The quantitative estimate of drug-likeness (QED) is 0.353. The van der Waals surface area contributed by atoms with Gasteiger partial charge in [0.15, 0.2) is 0 Å². The molecule has 3 aromatic heterocycles. The van der Waals surface area contributed by atoms with Gasteiger partial charge in [-0.15, -0.1) is 0 Å². The number of imidazole rings is 2. The lowest BCUT2D eigenvalue weighted by Crippen LogP contribution is -2.31. The van der Waals surface area contributed by atoms with Gasteiger partial charge in [-0.1, -0.05) is 24.3 Å². The van der Waals surface area contributed by atoms with Crippen molar-refractivity contribution in [3.05, 3.63) is 114 Å². The third-order valence-corrected chi connectivity index (χ3v) is 5.99. The number of nitrogens with one attached hydrogen (secondary N) is 1. The zero-order chi connectivity index (χ0) is 25.1. The molecule has 1 unspecified atom stereocenters. The first-order valence-corrected chi connectivity index (χ1v) is 11.6. The lowest BCUT2D eigenvalue weighted by Gasteiger charge is -2.21. The first-order chi connectivity index (χ1) is 17.5. The molecule has 0 aliphatic rings. The van der Waals surface area contributed by atoms with Crippen LogP contribution in [0.3, 0.4) is 0 Å². The number of carbonyl (C=O) groups is 1. The van der Waals surface area contributed by atoms with E-state index in [-0.39, 0.29) is 5.91 Å². The Kier molecular flexibility index (Phi) is 6.40. The van der Waals surface area contributed by atoms with Crippen LogP contribution < -0.4 is 14.8 Å². The fraction of sp³-hybridized carbons (Fsp3) is 0.179. The summed E-state index contributed by atoms with van der Waals surface area (Å²) in [6, 6.07) is 18.2. The Morgan fingerprint density at radius 1 is 1.06 bits per heavy atom. The molecule has 0 fully saturated rings. The average Bonchev–Trinajstić information content (AvgIpc) is 3.51. The molecule has 0 saturated carbocycles. The van der Waals surface area contributed by atoms with Crippen LogP contribution in [0, 0.1) is 6.92 Å². The van der Waals surface area contributed by atoms with Gasteiger partial charge in [0, 0.05) is 43.0 Å². The zero-order valence-electron chi connectivity index (χ0n) is 20.4. The Labute approximate surface area is 209 Å². The second-order valence-corrected chi connectivity index (χ2v) is 8.56. The maximum absolute atomic E-state index is 13.2. The molecule has 0 radical (unpaired) electrons. The van der Waals surface area contributed by atoms with Gasteiger partial charge in [0.2, 0.25) is 0 Å². The van der Waals surface area contributed by atoms with Crippen molar-refractivity contribution in [2.24, 2.45) is 7.05 Å². The summed E-state index contributed by atoms with van der Waals surface area (Å²) in [4.78, 5) is 22.3. The van der Waals surface area contributed by atoms with Crippen LogP contribution in [-0.4, -0.2) is 32.0 Å². The summed E-state index contributed by atoms with van der Waals surface area (Å²) in [5.41, 5.74) is 4.21. The Bertz CT molecular complexity index is 1500. The fourth-order valence-electron chi connectivity index (χ4n) is 4.14. The van der Waals surface area contributed by atoms with E-state index in [2.05, 4.69) is 15.3 Å². The van der Waals surface area contributed by atoms with Gasteiger partial charge >= 0.3 is 0 Å². The third-order valence-electron chi connectivity index (χ3n) is 5.99. The van der Waals surface area contributed by atoms with Crippen LogP contribution in [0.1, 0.15) is 39.0 Å². The third kappa shape index (κ3) is 4.79. The van der Waals surface area contributed by atoms with E-state index in [1.807, 2.05) is 77.9 Å². The first kappa shape index (κ1) is 23.2. The average molecular weight is 482 g/mol. The number of nitrogens with zero attached hydrogens (tertiary/aromatic N) is 4. The number of pyridine rings is 1. The highest BCUT2D eigenvalue weighted by Gasteiger charge is 2.24. The van der Waals surface area contributed by atoms with Gasteiger partial charge in [0.25, 0.3) is 5.91 Å². The van der Waals surface area contributed by atoms with Crippen LogP contribution in [0.15, 0.2) is 85.5 Å². The highest BCUT2D eigenvalue weighted by Crippen LogP contribution is 2.29. The number of methoxy groups -OCH3 is 1. The summed E-state index contributed by atoms with van der Waals surface area (Å²) < 4.78 is 15.3. The molecule has 0 spiro atoms. The molecule has 36 heavy (non-hydrogen) atoms. The highest BCUT2D eigenvalue weighted by atomic mass is 16.5. The molecule has 3 heterocycles. The molecule has 2 aromatic carbocycles. The van der Waals surface area contributed by atoms with Gasteiger partial charge in [0.05, 0.1) is 12.8 Å². The van der Waals surface area contributed by atoms with E-state index in [0.717, 1.165) is 22.5 Å². The molecule has 0 bridgehead atoms. The number of hydrogen-bond donors (Lipinski definition) is 1. The van der Waals surface area contributed by atoms with Crippen LogP contribution >= 0.6 is 0 Å². The van der Waals surface area contributed by atoms with Crippen LogP contribution in [0.4, 0.5) is 0 Å². The van der Waals surface area contributed by atoms with E-state index in [0.29, 0.717) is 29.5 Å². The number of carbonyl (C=O) groups excluding carboxylic acids is 1. The molecule has 0 saturated heterocycles. The van der Waals surface area contributed by atoms with Crippen molar-refractivity contribution in [1.82, 2.24) is 24.3 Å². The van der Waals surface area contributed by atoms with Crippen molar-refractivity contribution in [2.45, 2.75) is 19.6 Å². The monoisotopic (exact) mass is 481 g/mol. The predicted molar refractivity (Wildman–Crippen MR) is 136 cm³/mol. The van der Waals surface area contributed by atoms with Crippen molar-refractivity contribution in [2.75, 3.05) is 7.11 Å². The number of benzene rings is 2. The van der Waals surface area contributed by atoms with Gasteiger partial charge in [-0.2, -0.15) is 0 Å². The summed E-state index contributed by atoms with van der Waals surface area (Å²) in [6.07, 6.45) is 7.54. The van der Waals surface area contributed by atoms with Gasteiger partial charge in [0.1, 0.15) is 35.6 Å². The van der Waals surface area contributed by atoms with Crippen LogP contribution in [0.5, 0.6) is 11.5 Å². The van der Waals surface area contributed by atoms with Crippen LogP contribution in [0.2, 0.25) is 0 Å². The van der Waals surface area contributed by atoms with E-state index >= 15 is 0 Å². The van der Waals surface area contributed by atoms with Crippen molar-refractivity contribution in [3.8, 4) is 11.5 Å². The number of para-hydroxylation sites is 1. The van der Waals surface area contributed by atoms with E-state index in [9.17, 15) is 4.79 Å². The minimum Gasteiger partial charge on any atom is -0.496 e. The maximum Gasteiger partial charge on any atom is 0.252 e. The molecule has 8 heteroatoms. The number of amides is 1. The van der Waals surface area contributed by atoms with Gasteiger partial charge in [-0.25, -0.2) is 9.97 Å². The number of fused-ring (bicyclic) bond motifs is 1. The largest absolute Gasteiger partial charge is 0.496 e. The normalized spacial score (nSPS) is 11.9. The lowest BCUT2D eigenvalue weighted by molar-refractivity contribution is 0.0940. The molecule has 1 amide bonds. The molecule has 1 atom stereocenters. The van der Waals surface area contributed by atoms with E-state index in [1.165, 1.54) is 0 Å². The lowest BCUT2D eigenvalue weighted by atomic mass is 10.0. The second kappa shape index (κ2) is 9.95. The summed E-state index contributed by atoms with van der Waals surface area (Å²) in [5.74, 6) is 1.81. The summed E-state index contributed by atoms with van der Waals surface area (Å²) >= 11 is 0. The number of hydrogen-bond acceptors (Lipinski definition) is 5. The van der Waals surface area contributed by atoms with Crippen molar-refractivity contribution in [3.63, 3.8) is 0 Å². The molecule has 182 valence electrons. The topological polar surface area (TPSA) is 82.7 Å². The Hall–Kier alpha value is -4.59. The van der Waals surface area contributed by atoms with E-state index in [4.69, 9.17) is 9.47 Å². The molecular formula is C28H27N5O3. The van der Waals surface area contributed by atoms with E-state index in [1.54, 1.807) is 37.6 Å². The summed E-state index contributed by atoms with van der Waals surface area (Å²) in [6.45, 7) is 2.38. The molecule has 8 nitrogen and oxygen atoms in total. The minimum absolute atomic E-state index is 0.226. The zero-order valence-corrected chi connectivity index (χ0v) is 20.4. The molecule has 0 aliphatic carbocycles. The molecule has 1 N–H and O–H groups in total. The highest BCUT2D eigenvalue weighted by molar-refractivity contribution is 5.94. The second-order valence-electron chi connectivity index (χ2n) is 8.56. The minimum atomic E-state index is -0.483. The molecule has 5 aromatic rings. The summed E-state index contributed by atoms with van der Waals surface area (Å²) in [5, 5.41) is 3.11. The van der Waals surface area contributed by atoms with Crippen LogP contribution in [-0.2, 0) is 13.7 Å². The Morgan fingerprint density at radius 2 is 1.86 bits per heavy atom. The van der Waals surface area contributed by atoms with Crippen molar-refractivity contribution >= 4 is 11.6 Å². The van der Waals surface area contributed by atoms with E-state index < -0.39 is 6.04 Å². The van der Waals surface area contributed by atoms with Crippen molar-refractivity contribution in [1.29, 1.82) is 0 Å². The maximum atomic E-state index is 13.2. The predicted octanol–water partition coefficient (Wildman–Crippen LogP) is 4.48.